The van der Waals surface area contributed by atoms with Gasteiger partial charge in [0.1, 0.15) is 5.82 Å². The molecule has 0 radical (unpaired) electrons. The number of hydrogen-bond acceptors (Lipinski definition) is 2. The maximum atomic E-state index is 12.9. The molecular formula is C9H12FNOS. The number of thiol groups is 1. The minimum atomic E-state index is -0.384. The smallest absolute Gasteiger partial charge is 0.253 e. The van der Waals surface area contributed by atoms with E-state index in [0.717, 1.165) is 0 Å². The lowest BCUT2D eigenvalue weighted by atomic mass is 10.1. The van der Waals surface area contributed by atoms with Crippen molar-refractivity contribution in [2.75, 3.05) is 5.75 Å². The van der Waals surface area contributed by atoms with E-state index in [1.165, 1.54) is 16.8 Å². The first-order chi connectivity index (χ1) is 6.06. The third kappa shape index (κ3) is 2.12. The summed E-state index contributed by atoms with van der Waals surface area (Å²) in [4.78, 5) is 11.5. The monoisotopic (exact) mass is 201 g/mol. The van der Waals surface area contributed by atoms with Crippen LogP contribution in [-0.2, 0) is 7.05 Å². The zero-order chi connectivity index (χ0) is 10.0. The number of aryl methyl sites for hydroxylation is 1. The predicted molar refractivity (Wildman–Crippen MR) is 53.9 cm³/mol. The van der Waals surface area contributed by atoms with Gasteiger partial charge in [0.2, 0.25) is 0 Å². The van der Waals surface area contributed by atoms with Gasteiger partial charge in [-0.2, -0.15) is 12.6 Å². The molecule has 0 saturated carbocycles. The van der Waals surface area contributed by atoms with Crippen LogP contribution in [0.2, 0.25) is 0 Å². The third-order valence-corrected chi connectivity index (χ3v) is 2.53. The maximum absolute atomic E-state index is 12.9. The first-order valence-electron chi connectivity index (χ1n) is 4.03. The van der Waals surface area contributed by atoms with Crippen LogP contribution in [0.3, 0.4) is 0 Å². The molecule has 0 aromatic carbocycles. The first-order valence-corrected chi connectivity index (χ1v) is 4.66. The minimum Gasteiger partial charge on any atom is -0.315 e. The maximum Gasteiger partial charge on any atom is 0.253 e. The Hall–Kier alpha value is -0.770. The summed E-state index contributed by atoms with van der Waals surface area (Å²) >= 11 is 4.07. The fourth-order valence-corrected chi connectivity index (χ4v) is 1.34. The Bertz CT molecular complexity index is 361. The zero-order valence-corrected chi connectivity index (χ0v) is 8.51. The van der Waals surface area contributed by atoms with Gasteiger partial charge in [-0.3, -0.25) is 4.79 Å². The van der Waals surface area contributed by atoms with Crippen molar-refractivity contribution in [1.29, 1.82) is 0 Å². The van der Waals surface area contributed by atoms with Gasteiger partial charge in [-0.05, 0) is 17.7 Å². The van der Waals surface area contributed by atoms with Gasteiger partial charge in [0.15, 0.2) is 0 Å². The van der Waals surface area contributed by atoms with Gasteiger partial charge >= 0.3 is 0 Å². The second-order valence-electron chi connectivity index (χ2n) is 3.11. The van der Waals surface area contributed by atoms with E-state index in [4.69, 9.17) is 0 Å². The summed E-state index contributed by atoms with van der Waals surface area (Å²) in [6.45, 7) is 1.85. The summed E-state index contributed by atoms with van der Waals surface area (Å²) in [6, 6.07) is 1.28. The van der Waals surface area contributed by atoms with E-state index < -0.39 is 0 Å². The van der Waals surface area contributed by atoms with Crippen molar-refractivity contribution in [1.82, 2.24) is 4.57 Å². The summed E-state index contributed by atoms with van der Waals surface area (Å²) in [7, 11) is 1.54. The lowest BCUT2D eigenvalue weighted by Gasteiger charge is -2.08. The molecule has 13 heavy (non-hydrogen) atoms. The Balaban J connectivity index is 3.28. The first kappa shape index (κ1) is 10.3. The lowest BCUT2D eigenvalue weighted by Crippen LogP contribution is -2.23. The van der Waals surface area contributed by atoms with Crippen LogP contribution in [0, 0.1) is 5.82 Å². The Labute approximate surface area is 81.8 Å². The van der Waals surface area contributed by atoms with E-state index in [-0.39, 0.29) is 17.3 Å². The van der Waals surface area contributed by atoms with Crippen molar-refractivity contribution in [3.63, 3.8) is 0 Å². The van der Waals surface area contributed by atoms with Gasteiger partial charge in [-0.1, -0.05) is 6.92 Å². The molecule has 0 fully saturated rings. The van der Waals surface area contributed by atoms with Gasteiger partial charge in [0, 0.05) is 18.8 Å². The van der Waals surface area contributed by atoms with Gasteiger partial charge < -0.3 is 4.57 Å². The zero-order valence-electron chi connectivity index (χ0n) is 7.62. The fourth-order valence-electron chi connectivity index (χ4n) is 1.15. The molecule has 1 heterocycles. The molecule has 4 heteroatoms. The highest BCUT2D eigenvalue weighted by atomic mass is 32.1. The van der Waals surface area contributed by atoms with Crippen LogP contribution in [0.5, 0.6) is 0 Å². The van der Waals surface area contributed by atoms with Crippen LogP contribution in [0.4, 0.5) is 4.39 Å². The molecule has 1 atom stereocenters. The molecule has 72 valence electrons. The normalized spacial score (nSPS) is 12.9. The standard InChI is InChI=1S/C9H12FNOS/c1-6(5-13)8-3-7(10)4-11(2)9(8)12/h3-4,6,13H,5H2,1-2H3. The van der Waals surface area contributed by atoms with Crippen molar-refractivity contribution in [3.8, 4) is 0 Å². The highest BCUT2D eigenvalue weighted by Crippen LogP contribution is 2.12. The van der Waals surface area contributed by atoms with Crippen molar-refractivity contribution in [2.45, 2.75) is 12.8 Å². The van der Waals surface area contributed by atoms with Gasteiger partial charge in [-0.15, -0.1) is 0 Å². The molecule has 1 rings (SSSR count). The molecule has 1 aromatic rings. The largest absolute Gasteiger partial charge is 0.315 e. The van der Waals surface area contributed by atoms with Gasteiger partial charge in [-0.25, -0.2) is 4.39 Å². The van der Waals surface area contributed by atoms with E-state index in [1.807, 2.05) is 6.92 Å². The Morgan fingerprint density at radius 1 is 1.69 bits per heavy atom. The third-order valence-electron chi connectivity index (χ3n) is 1.98. The number of pyridine rings is 1. The van der Waals surface area contributed by atoms with E-state index in [2.05, 4.69) is 12.6 Å². The molecule has 1 unspecified atom stereocenters. The van der Waals surface area contributed by atoms with E-state index >= 15 is 0 Å². The minimum absolute atomic E-state index is 0.0160. The summed E-state index contributed by atoms with van der Waals surface area (Å²) in [5.41, 5.74) is 0.334. The molecule has 0 N–H and O–H groups in total. The van der Waals surface area contributed by atoms with Gasteiger partial charge in [0.25, 0.3) is 5.56 Å². The van der Waals surface area contributed by atoms with Crippen LogP contribution in [0.1, 0.15) is 18.4 Å². The van der Waals surface area contributed by atoms with Crippen LogP contribution in [0.25, 0.3) is 0 Å². The van der Waals surface area contributed by atoms with E-state index in [1.54, 1.807) is 7.05 Å². The molecule has 1 aromatic heterocycles. The number of aromatic nitrogens is 1. The molecule has 0 amide bonds. The molecule has 0 aliphatic rings. The predicted octanol–water partition coefficient (Wildman–Crippen LogP) is 1.56. The average molecular weight is 201 g/mol. The summed E-state index contributed by atoms with van der Waals surface area (Å²) < 4.78 is 14.2. The second kappa shape index (κ2) is 3.96. The Morgan fingerprint density at radius 2 is 2.31 bits per heavy atom. The molecule has 0 saturated heterocycles. The van der Waals surface area contributed by atoms with E-state index in [0.29, 0.717) is 11.3 Å². The summed E-state index contributed by atoms with van der Waals surface area (Å²) in [5, 5.41) is 0. The molecule has 0 aliphatic heterocycles. The van der Waals surface area contributed by atoms with Crippen molar-refractivity contribution in [3.05, 3.63) is 34.0 Å². The van der Waals surface area contributed by atoms with Crippen molar-refractivity contribution < 1.29 is 4.39 Å². The van der Waals surface area contributed by atoms with Crippen molar-refractivity contribution in [2.24, 2.45) is 7.05 Å². The van der Waals surface area contributed by atoms with E-state index in [9.17, 15) is 9.18 Å². The number of nitrogens with zero attached hydrogens (tertiary/aromatic N) is 1. The molecule has 2 nitrogen and oxygen atoms in total. The number of halogens is 1. The molecule has 0 spiro atoms. The summed E-state index contributed by atoms with van der Waals surface area (Å²) in [5.74, 6) is 0.141. The van der Waals surface area contributed by atoms with Crippen LogP contribution in [0.15, 0.2) is 17.1 Å². The molecule has 0 bridgehead atoms. The van der Waals surface area contributed by atoms with Crippen LogP contribution in [-0.4, -0.2) is 10.3 Å². The molecular weight excluding hydrogens is 189 g/mol. The SMILES string of the molecule is CC(CS)c1cc(F)cn(C)c1=O. The highest BCUT2D eigenvalue weighted by molar-refractivity contribution is 7.80. The Morgan fingerprint density at radius 3 is 2.85 bits per heavy atom. The topological polar surface area (TPSA) is 22.0 Å². The number of rotatable bonds is 2. The van der Waals surface area contributed by atoms with Crippen LogP contribution < -0.4 is 5.56 Å². The highest BCUT2D eigenvalue weighted by Gasteiger charge is 2.10. The fraction of sp³-hybridized carbons (Fsp3) is 0.444. The quantitative estimate of drug-likeness (QED) is 0.721. The molecule has 0 aliphatic carbocycles. The summed E-state index contributed by atoms with van der Waals surface area (Å²) in [6.07, 6.45) is 1.18. The average Bonchev–Trinajstić information content (AvgIpc) is 2.10. The number of hydrogen-bond donors (Lipinski definition) is 1. The Kier molecular flexibility index (Phi) is 3.14. The van der Waals surface area contributed by atoms with Crippen molar-refractivity contribution >= 4 is 12.6 Å². The van der Waals surface area contributed by atoms with Gasteiger partial charge in [0.05, 0.1) is 0 Å². The lowest BCUT2D eigenvalue weighted by molar-refractivity contribution is 0.596. The second-order valence-corrected chi connectivity index (χ2v) is 3.48. The van der Waals surface area contributed by atoms with Crippen LogP contribution >= 0.6 is 12.6 Å².